The summed E-state index contributed by atoms with van der Waals surface area (Å²) in [6, 6.07) is 0.687. The van der Waals surface area contributed by atoms with Gasteiger partial charge in [0.25, 0.3) is 0 Å². The molecule has 1 saturated carbocycles. The minimum Gasteiger partial charge on any atom is -0.391 e. The van der Waals surface area contributed by atoms with Crippen molar-refractivity contribution in [3.8, 4) is 0 Å². The van der Waals surface area contributed by atoms with E-state index in [-0.39, 0.29) is 17.9 Å². The first kappa shape index (κ1) is 16.6. The summed E-state index contributed by atoms with van der Waals surface area (Å²) in [4.78, 5) is 23.7. The largest absolute Gasteiger partial charge is 0.500 e. The molecule has 0 bridgehead atoms. The van der Waals surface area contributed by atoms with Crippen LogP contribution in [0.3, 0.4) is 0 Å². The summed E-state index contributed by atoms with van der Waals surface area (Å²) in [5.41, 5.74) is -0.852. The topological polar surface area (TPSA) is 71.1 Å². The number of hydrogen-bond acceptors (Lipinski definition) is 6. The third kappa shape index (κ3) is 2.79. The van der Waals surface area contributed by atoms with Crippen molar-refractivity contribution in [2.45, 2.75) is 44.6 Å². The smallest absolute Gasteiger partial charge is 0.391 e. The first-order valence-corrected chi connectivity index (χ1v) is 9.40. The molecule has 2 rings (SSSR count). The number of cyclic esters (lactones) is 2. The number of esters is 2. The lowest BCUT2D eigenvalue weighted by molar-refractivity contribution is -0.206. The van der Waals surface area contributed by atoms with Gasteiger partial charge in [0.15, 0.2) is 5.41 Å². The second-order valence-electron chi connectivity index (χ2n) is 5.78. The van der Waals surface area contributed by atoms with Gasteiger partial charge < -0.3 is 18.0 Å². The molecule has 1 heterocycles. The first-order chi connectivity index (χ1) is 10.0. The van der Waals surface area contributed by atoms with E-state index < -0.39 is 14.2 Å². The summed E-state index contributed by atoms with van der Waals surface area (Å²) in [7, 11) is 2.20. The van der Waals surface area contributed by atoms with Crippen LogP contribution < -0.4 is 0 Å². The predicted octanol–water partition coefficient (Wildman–Crippen LogP) is 1.90. The van der Waals surface area contributed by atoms with E-state index in [1.807, 2.05) is 0 Å². The van der Waals surface area contributed by atoms with Crippen molar-refractivity contribution < 1.29 is 27.6 Å². The molecular formula is C14H24O6Si. The Morgan fingerprint density at radius 2 is 1.76 bits per heavy atom. The van der Waals surface area contributed by atoms with Gasteiger partial charge in [-0.3, -0.25) is 9.59 Å². The highest BCUT2D eigenvalue weighted by molar-refractivity contribution is 6.60. The van der Waals surface area contributed by atoms with Crippen LogP contribution in [0.4, 0.5) is 0 Å². The van der Waals surface area contributed by atoms with Gasteiger partial charge in [-0.05, 0) is 31.6 Å². The standard InChI is InChI=1S/C14H24O6Si/c1-17-21(18-2,19-3)10-6-8-11-7-4-5-9-14(11)12(15)20-13(14)16/h11H,4-10H2,1-3H3. The molecule has 2 aliphatic rings. The molecule has 1 aliphatic heterocycles. The van der Waals surface area contributed by atoms with Gasteiger partial charge in [-0.1, -0.05) is 12.8 Å². The summed E-state index contributed by atoms with van der Waals surface area (Å²) in [5, 5.41) is 0. The average Bonchev–Trinajstić information content (AvgIpc) is 2.52. The number of ether oxygens (including phenoxy) is 1. The number of hydrogen-bond donors (Lipinski definition) is 0. The van der Waals surface area contributed by atoms with Gasteiger partial charge in [-0.15, -0.1) is 0 Å². The van der Waals surface area contributed by atoms with Crippen molar-refractivity contribution in [1.82, 2.24) is 0 Å². The Kier molecular flexibility index (Phi) is 5.18. The van der Waals surface area contributed by atoms with Crippen molar-refractivity contribution in [2.24, 2.45) is 11.3 Å². The van der Waals surface area contributed by atoms with E-state index in [0.29, 0.717) is 12.5 Å². The molecule has 0 amide bonds. The van der Waals surface area contributed by atoms with Crippen LogP contribution in [0.15, 0.2) is 0 Å². The highest BCUT2D eigenvalue weighted by atomic mass is 28.4. The van der Waals surface area contributed by atoms with E-state index >= 15 is 0 Å². The molecule has 0 aromatic heterocycles. The van der Waals surface area contributed by atoms with Crippen molar-refractivity contribution >= 4 is 20.7 Å². The minimum atomic E-state index is -2.58. The molecule has 2 fully saturated rings. The third-order valence-corrected chi connectivity index (χ3v) is 7.79. The molecule has 1 aliphatic carbocycles. The molecule has 0 radical (unpaired) electrons. The third-order valence-electron chi connectivity index (χ3n) is 4.95. The quantitative estimate of drug-likeness (QED) is 0.406. The zero-order chi connectivity index (χ0) is 15.5. The van der Waals surface area contributed by atoms with Crippen LogP contribution >= 0.6 is 0 Å². The maximum Gasteiger partial charge on any atom is 0.500 e. The summed E-state index contributed by atoms with van der Waals surface area (Å²) >= 11 is 0. The molecule has 1 unspecified atom stereocenters. The Labute approximate surface area is 126 Å². The fourth-order valence-electron chi connectivity index (χ4n) is 3.60. The van der Waals surface area contributed by atoms with E-state index in [4.69, 9.17) is 13.3 Å². The Morgan fingerprint density at radius 3 is 2.29 bits per heavy atom. The van der Waals surface area contributed by atoms with Crippen LogP contribution in [0.2, 0.25) is 6.04 Å². The van der Waals surface area contributed by atoms with Crippen LogP contribution in [0.25, 0.3) is 0 Å². The molecule has 0 aromatic rings. The van der Waals surface area contributed by atoms with E-state index in [9.17, 15) is 9.59 Å². The predicted molar refractivity (Wildman–Crippen MR) is 76.3 cm³/mol. The van der Waals surface area contributed by atoms with Gasteiger partial charge in [0, 0.05) is 27.4 Å². The van der Waals surface area contributed by atoms with Gasteiger partial charge in [-0.25, -0.2) is 0 Å². The molecule has 21 heavy (non-hydrogen) atoms. The number of carbonyl (C=O) groups excluding carboxylic acids is 2. The summed E-state index contributed by atoms with van der Waals surface area (Å²) in [5.74, 6) is -0.575. The highest BCUT2D eigenvalue weighted by Crippen LogP contribution is 2.50. The van der Waals surface area contributed by atoms with Crippen LogP contribution in [0.5, 0.6) is 0 Å². The summed E-state index contributed by atoms with van der Waals surface area (Å²) in [6.45, 7) is 0. The molecule has 6 nitrogen and oxygen atoms in total. The molecule has 0 aromatic carbocycles. The number of rotatable bonds is 7. The normalized spacial score (nSPS) is 24.8. The Morgan fingerprint density at radius 1 is 1.14 bits per heavy atom. The second-order valence-corrected chi connectivity index (χ2v) is 8.87. The maximum atomic E-state index is 11.8. The van der Waals surface area contributed by atoms with Gasteiger partial charge >= 0.3 is 20.7 Å². The monoisotopic (exact) mass is 316 g/mol. The van der Waals surface area contributed by atoms with Crippen molar-refractivity contribution in [1.29, 1.82) is 0 Å². The SMILES string of the molecule is CO[Si](CCCC1CCCCC12C(=O)OC2=O)(OC)OC. The molecule has 120 valence electrons. The summed E-state index contributed by atoms with van der Waals surface area (Å²) < 4.78 is 20.8. The van der Waals surface area contributed by atoms with Crippen LogP contribution in [0, 0.1) is 11.3 Å². The van der Waals surface area contributed by atoms with Crippen LogP contribution in [-0.2, 0) is 27.6 Å². The maximum absolute atomic E-state index is 11.8. The summed E-state index contributed by atoms with van der Waals surface area (Å²) in [6.07, 6.45) is 5.14. The van der Waals surface area contributed by atoms with E-state index in [0.717, 1.165) is 32.1 Å². The van der Waals surface area contributed by atoms with Crippen molar-refractivity contribution in [3.05, 3.63) is 0 Å². The van der Waals surface area contributed by atoms with Crippen molar-refractivity contribution in [2.75, 3.05) is 21.3 Å². The average molecular weight is 316 g/mol. The fraction of sp³-hybridized carbons (Fsp3) is 0.857. The zero-order valence-corrected chi connectivity index (χ0v) is 14.0. The van der Waals surface area contributed by atoms with E-state index in [2.05, 4.69) is 4.74 Å². The number of carbonyl (C=O) groups is 2. The van der Waals surface area contributed by atoms with Crippen LogP contribution in [0.1, 0.15) is 38.5 Å². The van der Waals surface area contributed by atoms with E-state index in [1.54, 1.807) is 21.3 Å². The minimum absolute atomic E-state index is 0.0808. The molecule has 1 saturated heterocycles. The molecular weight excluding hydrogens is 292 g/mol. The second kappa shape index (κ2) is 6.56. The molecule has 0 N–H and O–H groups in total. The molecule has 1 atom stereocenters. The Hall–Kier alpha value is -0.763. The molecule has 7 heteroatoms. The highest BCUT2D eigenvalue weighted by Gasteiger charge is 2.63. The first-order valence-electron chi connectivity index (χ1n) is 7.47. The van der Waals surface area contributed by atoms with E-state index in [1.165, 1.54) is 0 Å². The van der Waals surface area contributed by atoms with Crippen LogP contribution in [-0.4, -0.2) is 42.1 Å². The Bertz CT molecular complexity index is 384. The van der Waals surface area contributed by atoms with Crippen molar-refractivity contribution in [3.63, 3.8) is 0 Å². The lowest BCUT2D eigenvalue weighted by Crippen LogP contribution is -2.58. The van der Waals surface area contributed by atoms with Gasteiger partial charge in [-0.2, -0.15) is 0 Å². The lowest BCUT2D eigenvalue weighted by Gasteiger charge is -2.45. The molecule has 1 spiro atoms. The fourth-order valence-corrected chi connectivity index (χ4v) is 5.35. The van der Waals surface area contributed by atoms with Gasteiger partial charge in [0.05, 0.1) is 0 Å². The lowest BCUT2D eigenvalue weighted by atomic mass is 9.62. The Balaban J connectivity index is 1.95. The zero-order valence-electron chi connectivity index (χ0n) is 13.0. The van der Waals surface area contributed by atoms with Gasteiger partial charge in [0.2, 0.25) is 0 Å². The van der Waals surface area contributed by atoms with Gasteiger partial charge in [0.1, 0.15) is 0 Å².